The van der Waals surface area contributed by atoms with Gasteiger partial charge in [-0.05, 0) is 43.5 Å². The second-order valence-corrected chi connectivity index (χ2v) is 5.14. The highest BCUT2D eigenvalue weighted by molar-refractivity contribution is 5.94. The van der Waals surface area contributed by atoms with Gasteiger partial charge in [0.15, 0.2) is 0 Å². The first kappa shape index (κ1) is 13.5. The molecule has 1 aromatic carbocycles. The van der Waals surface area contributed by atoms with Gasteiger partial charge in [-0.25, -0.2) is 4.39 Å². The molecule has 0 bridgehead atoms. The van der Waals surface area contributed by atoms with Crippen LogP contribution in [0.25, 0.3) is 0 Å². The second kappa shape index (κ2) is 4.99. The molecule has 1 fully saturated rings. The van der Waals surface area contributed by atoms with Gasteiger partial charge in [0.25, 0.3) is 5.91 Å². The summed E-state index contributed by atoms with van der Waals surface area (Å²) in [6.07, 6.45) is 2.01. The minimum atomic E-state index is -0.880. The average Bonchev–Trinajstić information content (AvgIpc) is 2.25. The minimum Gasteiger partial charge on any atom is -0.481 e. The number of amides is 1. The summed E-state index contributed by atoms with van der Waals surface area (Å²) in [7, 11) is 0. The van der Waals surface area contributed by atoms with Gasteiger partial charge < -0.3 is 10.4 Å². The number of aryl methyl sites for hydroxylation is 1. The van der Waals surface area contributed by atoms with Crippen LogP contribution in [0.3, 0.4) is 0 Å². The lowest BCUT2D eigenvalue weighted by atomic mass is 9.69. The molecule has 1 aromatic rings. The lowest BCUT2D eigenvalue weighted by molar-refractivity contribution is -0.153. The van der Waals surface area contributed by atoms with Crippen molar-refractivity contribution >= 4 is 11.9 Å². The molecule has 0 radical (unpaired) electrons. The zero-order valence-corrected chi connectivity index (χ0v) is 10.7. The van der Waals surface area contributed by atoms with Crippen LogP contribution >= 0.6 is 0 Å². The number of carbonyl (C=O) groups excluding carboxylic acids is 1. The van der Waals surface area contributed by atoms with Crippen LogP contribution < -0.4 is 5.32 Å². The third-order valence-corrected chi connectivity index (χ3v) is 3.66. The Morgan fingerprint density at radius 3 is 2.53 bits per heavy atom. The first-order valence-electron chi connectivity index (χ1n) is 6.22. The largest absolute Gasteiger partial charge is 0.481 e. The topological polar surface area (TPSA) is 66.4 Å². The van der Waals surface area contributed by atoms with E-state index < -0.39 is 23.1 Å². The molecule has 19 heavy (non-hydrogen) atoms. The normalized spacial score (nSPS) is 16.5. The van der Waals surface area contributed by atoms with Gasteiger partial charge in [0.1, 0.15) is 5.82 Å². The molecule has 5 heteroatoms. The van der Waals surface area contributed by atoms with Crippen molar-refractivity contribution in [3.63, 3.8) is 0 Å². The highest BCUT2D eigenvalue weighted by Crippen LogP contribution is 2.40. The predicted octanol–water partition coefficient (Wildman–Crippen LogP) is 2.12. The summed E-state index contributed by atoms with van der Waals surface area (Å²) in [5, 5.41) is 11.7. The van der Waals surface area contributed by atoms with Gasteiger partial charge in [0.05, 0.1) is 5.41 Å². The zero-order valence-electron chi connectivity index (χ0n) is 10.7. The van der Waals surface area contributed by atoms with Crippen LogP contribution in [0.2, 0.25) is 0 Å². The Bertz CT molecular complexity index is 503. The number of hydrogen-bond acceptors (Lipinski definition) is 2. The molecule has 0 spiro atoms. The van der Waals surface area contributed by atoms with E-state index in [0.29, 0.717) is 18.4 Å². The van der Waals surface area contributed by atoms with Crippen molar-refractivity contribution in [3.05, 3.63) is 35.1 Å². The fourth-order valence-electron chi connectivity index (χ4n) is 2.29. The molecule has 0 saturated heterocycles. The number of rotatable bonds is 4. The van der Waals surface area contributed by atoms with Crippen molar-refractivity contribution in [2.45, 2.75) is 26.2 Å². The van der Waals surface area contributed by atoms with Crippen LogP contribution in [0.5, 0.6) is 0 Å². The minimum absolute atomic E-state index is 0.0940. The third-order valence-electron chi connectivity index (χ3n) is 3.66. The van der Waals surface area contributed by atoms with Crippen molar-refractivity contribution in [1.29, 1.82) is 0 Å². The van der Waals surface area contributed by atoms with Crippen molar-refractivity contribution in [1.82, 2.24) is 5.32 Å². The number of benzene rings is 1. The highest BCUT2D eigenvalue weighted by Gasteiger charge is 2.44. The maximum Gasteiger partial charge on any atom is 0.311 e. The van der Waals surface area contributed by atoms with E-state index in [9.17, 15) is 14.0 Å². The molecular formula is C14H16FNO3. The van der Waals surface area contributed by atoms with Crippen molar-refractivity contribution in [2.75, 3.05) is 6.54 Å². The van der Waals surface area contributed by atoms with Crippen LogP contribution in [-0.4, -0.2) is 23.5 Å². The summed E-state index contributed by atoms with van der Waals surface area (Å²) in [5.74, 6) is -1.79. The van der Waals surface area contributed by atoms with Crippen molar-refractivity contribution < 1.29 is 19.1 Å². The summed E-state index contributed by atoms with van der Waals surface area (Å²) in [4.78, 5) is 23.0. The van der Waals surface area contributed by atoms with E-state index in [1.165, 1.54) is 6.07 Å². The molecule has 0 atom stereocenters. The summed E-state index contributed by atoms with van der Waals surface area (Å²) >= 11 is 0. The summed E-state index contributed by atoms with van der Waals surface area (Å²) < 4.78 is 13.2. The Hall–Kier alpha value is -1.91. The molecule has 2 rings (SSSR count). The fourth-order valence-corrected chi connectivity index (χ4v) is 2.29. The molecule has 1 aliphatic rings. The van der Waals surface area contributed by atoms with Gasteiger partial charge in [-0.15, -0.1) is 0 Å². The fraction of sp³-hybridized carbons (Fsp3) is 0.429. The zero-order chi connectivity index (χ0) is 14.0. The standard InChI is InChI=1S/C14H16FNO3/c1-9-5-10(7-11(15)6-9)12(17)16-8-14(13(18)19)3-2-4-14/h5-7H,2-4,8H2,1H3,(H,16,17)(H,18,19). The Labute approximate surface area is 110 Å². The Morgan fingerprint density at radius 1 is 1.37 bits per heavy atom. The number of nitrogens with one attached hydrogen (secondary N) is 1. The Morgan fingerprint density at radius 2 is 2.05 bits per heavy atom. The van der Waals surface area contributed by atoms with Crippen molar-refractivity contribution in [3.8, 4) is 0 Å². The molecule has 0 unspecified atom stereocenters. The predicted molar refractivity (Wildman–Crippen MR) is 67.4 cm³/mol. The quantitative estimate of drug-likeness (QED) is 0.876. The molecule has 102 valence electrons. The lowest BCUT2D eigenvalue weighted by Crippen LogP contribution is -2.47. The smallest absolute Gasteiger partial charge is 0.311 e. The van der Waals surface area contributed by atoms with Crippen LogP contribution in [0, 0.1) is 18.2 Å². The molecule has 0 aliphatic heterocycles. The molecule has 1 aliphatic carbocycles. The highest BCUT2D eigenvalue weighted by atomic mass is 19.1. The number of carbonyl (C=O) groups is 2. The second-order valence-electron chi connectivity index (χ2n) is 5.14. The van der Waals surface area contributed by atoms with Crippen LogP contribution in [0.1, 0.15) is 35.2 Å². The molecule has 2 N–H and O–H groups in total. The summed E-state index contributed by atoms with van der Waals surface area (Å²) in [6, 6.07) is 4.06. The van der Waals surface area contributed by atoms with E-state index in [-0.39, 0.29) is 12.1 Å². The Balaban J connectivity index is 2.03. The van der Waals surface area contributed by atoms with Gasteiger partial charge >= 0.3 is 5.97 Å². The number of carboxylic acid groups (broad SMARTS) is 1. The van der Waals surface area contributed by atoms with Crippen LogP contribution in [0.15, 0.2) is 18.2 Å². The molecule has 0 aromatic heterocycles. The lowest BCUT2D eigenvalue weighted by Gasteiger charge is -2.37. The van der Waals surface area contributed by atoms with E-state index in [0.717, 1.165) is 12.5 Å². The Kier molecular flexibility index (Phi) is 3.55. The number of carboxylic acids is 1. The summed E-state index contributed by atoms with van der Waals surface area (Å²) in [5.41, 5.74) is 0.0389. The molecule has 4 nitrogen and oxygen atoms in total. The maximum absolute atomic E-state index is 13.2. The number of hydrogen-bond donors (Lipinski definition) is 2. The van der Waals surface area contributed by atoms with Crippen LogP contribution in [0.4, 0.5) is 4.39 Å². The van der Waals surface area contributed by atoms with E-state index in [4.69, 9.17) is 5.11 Å². The molecule has 1 amide bonds. The van der Waals surface area contributed by atoms with E-state index >= 15 is 0 Å². The first-order valence-corrected chi connectivity index (χ1v) is 6.22. The monoisotopic (exact) mass is 265 g/mol. The summed E-state index contributed by atoms with van der Waals surface area (Å²) in [6.45, 7) is 1.79. The van der Waals surface area contributed by atoms with E-state index in [1.807, 2.05) is 0 Å². The van der Waals surface area contributed by atoms with Gasteiger partial charge in [-0.1, -0.05) is 6.42 Å². The first-order chi connectivity index (χ1) is 8.93. The van der Waals surface area contributed by atoms with Gasteiger partial charge in [-0.3, -0.25) is 9.59 Å². The van der Waals surface area contributed by atoms with Gasteiger partial charge in [0, 0.05) is 12.1 Å². The molecular weight excluding hydrogens is 249 g/mol. The maximum atomic E-state index is 13.2. The van der Waals surface area contributed by atoms with Gasteiger partial charge in [-0.2, -0.15) is 0 Å². The van der Waals surface area contributed by atoms with Crippen molar-refractivity contribution in [2.24, 2.45) is 5.41 Å². The molecule has 1 saturated carbocycles. The van der Waals surface area contributed by atoms with Gasteiger partial charge in [0.2, 0.25) is 0 Å². The SMILES string of the molecule is Cc1cc(F)cc(C(=O)NCC2(C(=O)O)CCC2)c1. The van der Waals surface area contributed by atoms with E-state index in [1.54, 1.807) is 13.0 Å². The third kappa shape index (κ3) is 2.75. The van der Waals surface area contributed by atoms with E-state index in [2.05, 4.69) is 5.32 Å². The molecule has 0 heterocycles. The van der Waals surface area contributed by atoms with Crippen LogP contribution in [-0.2, 0) is 4.79 Å². The number of aliphatic carboxylic acids is 1. The number of halogens is 1. The average molecular weight is 265 g/mol.